The predicted molar refractivity (Wildman–Crippen MR) is 252 cm³/mol. The highest BCUT2D eigenvalue weighted by Gasteiger charge is 2.28. The highest BCUT2D eigenvalue weighted by Crippen LogP contribution is 2.48. The fraction of sp³-hybridized carbons (Fsp3) is 0.0545. The van der Waals surface area contributed by atoms with Crippen molar-refractivity contribution in [2.24, 2.45) is 9.98 Å². The first-order valence-electron chi connectivity index (χ1n) is 21.1. The number of aliphatic imine (C=N–C) groups is 2. The van der Waals surface area contributed by atoms with Crippen molar-refractivity contribution < 1.29 is 4.42 Å². The highest BCUT2D eigenvalue weighted by atomic mass is 16.3. The summed E-state index contributed by atoms with van der Waals surface area (Å²) in [7, 11) is 0. The number of para-hydroxylation sites is 4. The first-order chi connectivity index (χ1) is 30.3. The molecule has 1 aliphatic heterocycles. The van der Waals surface area contributed by atoms with Gasteiger partial charge in [-0.15, -0.1) is 0 Å². The third-order valence-corrected chi connectivity index (χ3v) is 13.1. The Morgan fingerprint density at radius 3 is 2.10 bits per heavy atom. The van der Waals surface area contributed by atoms with Gasteiger partial charge in [-0.25, -0.2) is 9.98 Å². The maximum atomic E-state index is 6.60. The topological polar surface area (TPSA) is 59.2 Å². The number of fused-ring (bicyclic) bond motifs is 16. The van der Waals surface area contributed by atoms with Crippen LogP contribution in [0.3, 0.4) is 0 Å². The molecule has 1 atom stereocenters. The van der Waals surface area contributed by atoms with Crippen LogP contribution in [0, 0.1) is 0 Å². The molecule has 0 spiro atoms. The van der Waals surface area contributed by atoms with Crippen LogP contribution < -0.4 is 5.32 Å². The maximum Gasteiger partial charge on any atom is 0.159 e. The number of nitrogens with one attached hydrogen (secondary N) is 1. The fourth-order valence-corrected chi connectivity index (χ4v) is 10.6. The average molecular weight is 782 g/mol. The van der Waals surface area contributed by atoms with Gasteiger partial charge in [0.2, 0.25) is 0 Å². The summed E-state index contributed by atoms with van der Waals surface area (Å²) in [6, 6.07) is 59.0. The zero-order valence-electron chi connectivity index (χ0n) is 32.9. The molecule has 1 aliphatic carbocycles. The smallest absolute Gasteiger partial charge is 0.159 e. The molecule has 14 rings (SSSR count). The number of allylic oxidation sites excluding steroid dienone is 1. The Bertz CT molecular complexity index is 3910. The number of hydrogen-bond acceptors (Lipinski definition) is 4. The fourth-order valence-electron chi connectivity index (χ4n) is 10.6. The van der Waals surface area contributed by atoms with Gasteiger partial charge in [0, 0.05) is 65.6 Å². The lowest BCUT2D eigenvalue weighted by Crippen LogP contribution is -2.33. The van der Waals surface area contributed by atoms with Gasteiger partial charge in [-0.2, -0.15) is 0 Å². The van der Waals surface area contributed by atoms with Crippen LogP contribution in [-0.2, 0) is 6.42 Å². The second-order valence-corrected chi connectivity index (χ2v) is 16.4. The molecule has 5 heterocycles. The molecular formula is C55H35N5O. The summed E-state index contributed by atoms with van der Waals surface area (Å²) in [5, 5.41) is 15.0. The summed E-state index contributed by atoms with van der Waals surface area (Å²) in [5.41, 5.74) is 12.2. The number of amidine groups is 2. The number of hydrogen-bond donors (Lipinski definition) is 1. The van der Waals surface area contributed by atoms with E-state index in [4.69, 9.17) is 14.4 Å². The van der Waals surface area contributed by atoms with Gasteiger partial charge in [0.05, 0.1) is 27.6 Å². The van der Waals surface area contributed by atoms with Crippen molar-refractivity contribution in [3.8, 4) is 5.69 Å². The molecule has 12 aromatic rings. The van der Waals surface area contributed by atoms with E-state index in [9.17, 15) is 0 Å². The maximum absolute atomic E-state index is 6.60. The molecule has 0 saturated heterocycles. The number of aromatic nitrogens is 2. The van der Waals surface area contributed by atoms with E-state index in [0.29, 0.717) is 5.84 Å². The van der Waals surface area contributed by atoms with E-state index in [-0.39, 0.29) is 0 Å². The Labute approximate surface area is 349 Å². The SMILES string of the molecule is C1=Cc2oc3c(C4N=C(c5ccccc5)N=C(c5cccc(-n6c7ccccc7c7c8ccccc8c8c9cccc%10c%11ccccc%11n(c%109)c8c76)c5)N4)cccc3c2CC1. The Morgan fingerprint density at radius 2 is 1.23 bits per heavy atom. The van der Waals surface area contributed by atoms with Crippen LogP contribution in [0.2, 0.25) is 0 Å². The molecule has 1 N–H and O–H groups in total. The number of furan rings is 1. The van der Waals surface area contributed by atoms with Gasteiger partial charge in [-0.3, -0.25) is 0 Å². The van der Waals surface area contributed by atoms with Crippen LogP contribution in [0.25, 0.3) is 93.4 Å². The Hall–Kier alpha value is -7.96. The zero-order chi connectivity index (χ0) is 39.8. The second kappa shape index (κ2) is 12.3. The third kappa shape index (κ3) is 4.51. The second-order valence-electron chi connectivity index (χ2n) is 16.4. The van der Waals surface area contributed by atoms with Gasteiger partial charge in [0.1, 0.15) is 17.2 Å². The van der Waals surface area contributed by atoms with E-state index < -0.39 is 6.17 Å². The van der Waals surface area contributed by atoms with Gasteiger partial charge in [-0.05, 0) is 54.0 Å². The summed E-state index contributed by atoms with van der Waals surface area (Å²) >= 11 is 0. The summed E-state index contributed by atoms with van der Waals surface area (Å²) < 4.78 is 11.6. The van der Waals surface area contributed by atoms with Gasteiger partial charge in [0.25, 0.3) is 0 Å². The molecule has 61 heavy (non-hydrogen) atoms. The third-order valence-electron chi connectivity index (χ3n) is 13.1. The van der Waals surface area contributed by atoms with Crippen LogP contribution in [0.1, 0.15) is 40.6 Å². The zero-order valence-corrected chi connectivity index (χ0v) is 32.9. The van der Waals surface area contributed by atoms with Crippen LogP contribution in [0.5, 0.6) is 0 Å². The van der Waals surface area contributed by atoms with E-state index in [2.05, 4.69) is 172 Å². The molecule has 2 aliphatic rings. The quantitative estimate of drug-likeness (QED) is 0.193. The van der Waals surface area contributed by atoms with Gasteiger partial charge in [0.15, 0.2) is 12.0 Å². The standard InChI is InChI=1S/C55H35N5O/c1-2-15-32(16-3-1)53-56-54(58-55(57-53)43-27-14-25-40-36-20-8-11-30-46(36)61-52(40)43)33-17-12-18-34(31-33)59-45-29-10-7-23-41(45)47-37-21-4-5-22-38(37)48-42-26-13-24-39-35-19-6-9-28-44(35)60(49(39)42)51(48)50(47)59/h1-7,9-19,21-31,55H,8,20H2,(H,56,57,58). The van der Waals surface area contributed by atoms with Gasteiger partial charge >= 0.3 is 0 Å². The minimum atomic E-state index is -0.419. The number of nitrogens with zero attached hydrogens (tertiary/aromatic N) is 4. The van der Waals surface area contributed by atoms with Crippen LogP contribution >= 0.6 is 0 Å². The molecule has 0 amide bonds. The van der Waals surface area contributed by atoms with Crippen molar-refractivity contribution in [3.63, 3.8) is 0 Å². The molecule has 0 radical (unpaired) electrons. The monoisotopic (exact) mass is 781 g/mol. The lowest BCUT2D eigenvalue weighted by atomic mass is 9.98. The van der Waals surface area contributed by atoms with Crippen molar-refractivity contribution in [1.82, 2.24) is 14.3 Å². The van der Waals surface area contributed by atoms with Crippen molar-refractivity contribution in [2.75, 3.05) is 0 Å². The molecule has 4 aromatic heterocycles. The minimum Gasteiger partial charge on any atom is -0.456 e. The van der Waals surface area contributed by atoms with Gasteiger partial charge in [-0.1, -0.05) is 146 Å². The van der Waals surface area contributed by atoms with E-state index in [1.807, 2.05) is 18.2 Å². The van der Waals surface area contributed by atoms with Crippen molar-refractivity contribution >= 4 is 99.4 Å². The number of rotatable bonds is 4. The van der Waals surface area contributed by atoms with E-state index in [1.165, 1.54) is 70.7 Å². The first kappa shape index (κ1) is 32.9. The van der Waals surface area contributed by atoms with Crippen LogP contribution in [0.15, 0.2) is 184 Å². The van der Waals surface area contributed by atoms with Crippen molar-refractivity contribution in [3.05, 3.63) is 198 Å². The molecule has 0 saturated carbocycles. The summed E-state index contributed by atoms with van der Waals surface area (Å²) in [5.74, 6) is 2.39. The molecule has 0 bridgehead atoms. The molecule has 6 nitrogen and oxygen atoms in total. The average Bonchev–Trinajstić information content (AvgIpc) is 4.08. The first-order valence-corrected chi connectivity index (χ1v) is 21.1. The summed E-state index contributed by atoms with van der Waals surface area (Å²) in [6.07, 6.45) is 5.87. The van der Waals surface area contributed by atoms with E-state index in [1.54, 1.807) is 0 Å². The predicted octanol–water partition coefficient (Wildman–Crippen LogP) is 13.3. The van der Waals surface area contributed by atoms with E-state index in [0.717, 1.165) is 63.3 Å². The molecule has 6 heteroatoms. The number of aryl methyl sites for hydroxylation is 1. The molecule has 8 aromatic carbocycles. The Kier molecular flexibility index (Phi) is 6.63. The molecular weight excluding hydrogens is 747 g/mol. The van der Waals surface area contributed by atoms with Crippen molar-refractivity contribution in [2.45, 2.75) is 19.0 Å². The molecule has 0 fully saturated rings. The summed E-state index contributed by atoms with van der Waals surface area (Å²) in [6.45, 7) is 0. The number of benzene rings is 8. The largest absolute Gasteiger partial charge is 0.456 e. The summed E-state index contributed by atoms with van der Waals surface area (Å²) in [4.78, 5) is 10.5. The Morgan fingerprint density at radius 1 is 0.557 bits per heavy atom. The normalized spacial score (nSPS) is 15.5. The highest BCUT2D eigenvalue weighted by molar-refractivity contribution is 6.38. The van der Waals surface area contributed by atoms with Crippen LogP contribution in [0.4, 0.5) is 0 Å². The lowest BCUT2D eigenvalue weighted by Gasteiger charge is -2.24. The molecule has 286 valence electrons. The van der Waals surface area contributed by atoms with Crippen molar-refractivity contribution in [1.29, 1.82) is 0 Å². The van der Waals surface area contributed by atoms with Crippen LogP contribution in [-0.4, -0.2) is 20.6 Å². The lowest BCUT2D eigenvalue weighted by molar-refractivity contribution is 0.578. The van der Waals surface area contributed by atoms with Gasteiger partial charge < -0.3 is 18.7 Å². The van der Waals surface area contributed by atoms with E-state index >= 15 is 0 Å². The molecule has 1 unspecified atom stereocenters. The minimum absolute atomic E-state index is 0.419. The Balaban J connectivity index is 1.03.